The Bertz CT molecular complexity index is 1120. The highest BCUT2D eigenvalue weighted by Crippen LogP contribution is 2.27. The lowest BCUT2D eigenvalue weighted by Gasteiger charge is -2.18. The lowest BCUT2D eigenvalue weighted by Crippen LogP contribution is -2.32. The van der Waals surface area contributed by atoms with Gasteiger partial charge < -0.3 is 15.4 Å². The number of nitrogens with one attached hydrogen (secondary N) is 2. The molecule has 2 N–H and O–H groups in total. The zero-order valence-corrected chi connectivity index (χ0v) is 17.6. The van der Waals surface area contributed by atoms with Gasteiger partial charge in [0.25, 0.3) is 11.8 Å². The normalized spacial score (nSPS) is 12.3. The molecule has 0 bridgehead atoms. The predicted octanol–water partition coefficient (Wildman–Crippen LogP) is 4.49. The molecule has 8 heteroatoms. The standard InChI is InChI=1S/C24H23N3O5/c1-16(18-10-4-3-5-11-18)25-24(29)19-12-6-7-13-20(19)26-23(28)17(2)32-22-15-9-8-14-21(22)27(30)31/h3-17H,1-2H3,(H,25,29)(H,26,28)/t16-,17-/m1/s1. The van der Waals surface area contributed by atoms with E-state index in [1.807, 2.05) is 37.3 Å². The third-order valence-corrected chi connectivity index (χ3v) is 4.81. The number of rotatable bonds is 8. The van der Waals surface area contributed by atoms with Gasteiger partial charge in [0.05, 0.1) is 22.2 Å². The molecule has 0 saturated heterocycles. The molecule has 0 aliphatic heterocycles. The van der Waals surface area contributed by atoms with E-state index in [0.29, 0.717) is 11.3 Å². The summed E-state index contributed by atoms with van der Waals surface area (Å²) in [6.45, 7) is 3.35. The van der Waals surface area contributed by atoms with Crippen LogP contribution in [0.2, 0.25) is 0 Å². The summed E-state index contributed by atoms with van der Waals surface area (Å²) in [6.07, 6.45) is -1.03. The summed E-state index contributed by atoms with van der Waals surface area (Å²) in [5.41, 5.74) is 1.32. The van der Waals surface area contributed by atoms with Crippen LogP contribution < -0.4 is 15.4 Å². The number of nitro benzene ring substituents is 1. The molecule has 0 aliphatic carbocycles. The van der Waals surface area contributed by atoms with Crippen molar-refractivity contribution >= 4 is 23.2 Å². The van der Waals surface area contributed by atoms with Crippen molar-refractivity contribution in [3.05, 3.63) is 100 Å². The largest absolute Gasteiger partial charge is 0.474 e. The van der Waals surface area contributed by atoms with E-state index in [1.165, 1.54) is 25.1 Å². The van der Waals surface area contributed by atoms with Crippen LogP contribution >= 0.6 is 0 Å². The maximum Gasteiger partial charge on any atom is 0.310 e. The van der Waals surface area contributed by atoms with Gasteiger partial charge in [-0.3, -0.25) is 19.7 Å². The number of hydrogen-bond donors (Lipinski definition) is 2. The van der Waals surface area contributed by atoms with E-state index in [-0.39, 0.29) is 23.4 Å². The van der Waals surface area contributed by atoms with Gasteiger partial charge in [0.1, 0.15) is 0 Å². The van der Waals surface area contributed by atoms with E-state index in [9.17, 15) is 19.7 Å². The van der Waals surface area contributed by atoms with Gasteiger partial charge in [-0.2, -0.15) is 0 Å². The molecule has 0 heterocycles. The van der Waals surface area contributed by atoms with Crippen molar-refractivity contribution in [2.24, 2.45) is 0 Å². The SMILES string of the molecule is C[C@@H](Oc1ccccc1[N+](=O)[O-])C(=O)Nc1ccccc1C(=O)N[C@H](C)c1ccccc1. The number of ether oxygens (including phenoxy) is 1. The van der Waals surface area contributed by atoms with Crippen LogP contribution in [0.4, 0.5) is 11.4 Å². The zero-order valence-electron chi connectivity index (χ0n) is 17.6. The van der Waals surface area contributed by atoms with E-state index in [1.54, 1.807) is 30.3 Å². The van der Waals surface area contributed by atoms with Crippen LogP contribution in [0.15, 0.2) is 78.9 Å². The number of amides is 2. The summed E-state index contributed by atoms with van der Waals surface area (Å²) in [7, 11) is 0. The van der Waals surface area contributed by atoms with Crippen LogP contribution in [-0.4, -0.2) is 22.8 Å². The summed E-state index contributed by atoms with van der Waals surface area (Å²) < 4.78 is 5.51. The topological polar surface area (TPSA) is 111 Å². The van der Waals surface area contributed by atoms with Crippen molar-refractivity contribution in [1.82, 2.24) is 5.32 Å². The van der Waals surface area contributed by atoms with Crippen molar-refractivity contribution in [3.8, 4) is 5.75 Å². The fourth-order valence-electron chi connectivity index (χ4n) is 3.08. The van der Waals surface area contributed by atoms with E-state index in [2.05, 4.69) is 10.6 Å². The van der Waals surface area contributed by atoms with Gasteiger partial charge in [0, 0.05) is 6.07 Å². The molecule has 0 aliphatic rings. The second-order valence-corrected chi connectivity index (χ2v) is 7.13. The number of carbonyl (C=O) groups is 2. The molecule has 2 atom stereocenters. The van der Waals surface area contributed by atoms with Crippen molar-refractivity contribution in [2.45, 2.75) is 26.0 Å². The third kappa shape index (κ3) is 5.48. The van der Waals surface area contributed by atoms with E-state index >= 15 is 0 Å². The first-order valence-corrected chi connectivity index (χ1v) is 10.0. The molecule has 32 heavy (non-hydrogen) atoms. The average Bonchev–Trinajstić information content (AvgIpc) is 2.80. The first-order chi connectivity index (χ1) is 15.4. The highest BCUT2D eigenvalue weighted by atomic mass is 16.6. The Balaban J connectivity index is 1.71. The molecule has 3 rings (SSSR count). The molecule has 3 aromatic carbocycles. The Morgan fingerprint density at radius 1 is 0.906 bits per heavy atom. The number of anilines is 1. The molecule has 0 fully saturated rings. The molecule has 0 radical (unpaired) electrons. The van der Waals surface area contributed by atoms with E-state index < -0.39 is 16.9 Å². The van der Waals surface area contributed by atoms with Gasteiger partial charge in [-0.15, -0.1) is 0 Å². The van der Waals surface area contributed by atoms with E-state index in [4.69, 9.17) is 4.74 Å². The van der Waals surface area contributed by atoms with Crippen LogP contribution in [0.3, 0.4) is 0 Å². The van der Waals surface area contributed by atoms with E-state index in [0.717, 1.165) is 5.56 Å². The average molecular weight is 433 g/mol. The first kappa shape index (κ1) is 22.5. The quantitative estimate of drug-likeness (QED) is 0.402. The second kappa shape index (κ2) is 10.2. The molecular weight excluding hydrogens is 410 g/mol. The highest BCUT2D eigenvalue weighted by molar-refractivity contribution is 6.04. The summed E-state index contributed by atoms with van der Waals surface area (Å²) in [4.78, 5) is 36.1. The smallest absolute Gasteiger partial charge is 0.310 e. The summed E-state index contributed by atoms with van der Waals surface area (Å²) >= 11 is 0. The fourth-order valence-corrected chi connectivity index (χ4v) is 3.08. The van der Waals surface area contributed by atoms with Gasteiger partial charge in [-0.1, -0.05) is 54.6 Å². The van der Waals surface area contributed by atoms with Crippen molar-refractivity contribution in [1.29, 1.82) is 0 Å². The summed E-state index contributed by atoms with van der Waals surface area (Å²) in [5, 5.41) is 16.8. The molecule has 0 saturated carbocycles. The Labute approximate surface area is 185 Å². The maximum absolute atomic E-state index is 12.8. The first-order valence-electron chi connectivity index (χ1n) is 10.0. The highest BCUT2D eigenvalue weighted by Gasteiger charge is 2.22. The van der Waals surface area contributed by atoms with Gasteiger partial charge in [-0.25, -0.2) is 0 Å². The minimum absolute atomic E-state index is 0.0112. The fraction of sp³-hybridized carbons (Fsp3) is 0.167. The van der Waals surface area contributed by atoms with Gasteiger partial charge in [-0.05, 0) is 37.6 Å². The molecular formula is C24H23N3O5. The van der Waals surface area contributed by atoms with Gasteiger partial charge in [0.2, 0.25) is 0 Å². The Morgan fingerprint density at radius 2 is 1.53 bits per heavy atom. The second-order valence-electron chi connectivity index (χ2n) is 7.13. The number of nitro groups is 1. The number of hydrogen-bond acceptors (Lipinski definition) is 5. The number of carbonyl (C=O) groups excluding carboxylic acids is 2. The minimum Gasteiger partial charge on any atom is -0.474 e. The molecule has 8 nitrogen and oxygen atoms in total. The molecule has 2 amide bonds. The van der Waals surface area contributed by atoms with Crippen molar-refractivity contribution in [2.75, 3.05) is 5.32 Å². The maximum atomic E-state index is 12.8. The number of nitrogens with zero attached hydrogens (tertiary/aromatic N) is 1. The van der Waals surface area contributed by atoms with Gasteiger partial charge >= 0.3 is 5.69 Å². The number of para-hydroxylation sites is 3. The Kier molecular flexibility index (Phi) is 7.17. The molecule has 0 aromatic heterocycles. The lowest BCUT2D eigenvalue weighted by molar-refractivity contribution is -0.386. The molecule has 0 spiro atoms. The Hall–Kier alpha value is -4.20. The minimum atomic E-state index is -1.03. The summed E-state index contributed by atoms with van der Waals surface area (Å²) in [6, 6.07) is 21.7. The third-order valence-electron chi connectivity index (χ3n) is 4.81. The molecule has 164 valence electrons. The van der Waals surface area contributed by atoms with Crippen LogP contribution in [0.1, 0.15) is 35.8 Å². The van der Waals surface area contributed by atoms with Crippen LogP contribution in [0.5, 0.6) is 5.75 Å². The van der Waals surface area contributed by atoms with Crippen molar-refractivity contribution < 1.29 is 19.2 Å². The van der Waals surface area contributed by atoms with Crippen molar-refractivity contribution in [3.63, 3.8) is 0 Å². The van der Waals surface area contributed by atoms with Crippen LogP contribution in [-0.2, 0) is 4.79 Å². The summed E-state index contributed by atoms with van der Waals surface area (Å²) in [5.74, 6) is -0.896. The zero-order chi connectivity index (χ0) is 23.1. The van der Waals surface area contributed by atoms with Crippen LogP contribution in [0.25, 0.3) is 0 Å². The predicted molar refractivity (Wildman–Crippen MR) is 121 cm³/mol. The number of benzene rings is 3. The Morgan fingerprint density at radius 3 is 2.25 bits per heavy atom. The van der Waals surface area contributed by atoms with Crippen LogP contribution in [0, 0.1) is 10.1 Å². The lowest BCUT2D eigenvalue weighted by atomic mass is 10.1. The molecule has 0 unspecified atom stereocenters. The van der Waals surface area contributed by atoms with Gasteiger partial charge in [0.15, 0.2) is 11.9 Å². The monoisotopic (exact) mass is 433 g/mol. The molecule has 3 aromatic rings.